The molecule has 0 aliphatic heterocycles. The lowest BCUT2D eigenvalue weighted by atomic mass is 10.2. The maximum Gasteiger partial charge on any atom is 0.347 e. The molecule has 8 heteroatoms. The molecule has 0 spiro atoms. The predicted molar refractivity (Wildman–Crippen MR) is 65.0 cm³/mol. The van der Waals surface area contributed by atoms with Gasteiger partial charge < -0.3 is 10.4 Å². The van der Waals surface area contributed by atoms with Gasteiger partial charge in [-0.3, -0.25) is 4.79 Å². The van der Waals surface area contributed by atoms with Gasteiger partial charge in [0.2, 0.25) is 0 Å². The summed E-state index contributed by atoms with van der Waals surface area (Å²) in [4.78, 5) is 34.2. The third-order valence-corrected chi connectivity index (χ3v) is 2.70. The summed E-state index contributed by atoms with van der Waals surface area (Å²) >= 11 is 0. The number of carboxylic acid groups (broad SMARTS) is 1. The molecule has 1 unspecified atom stereocenters. The monoisotopic (exact) mass is 264 g/mol. The van der Waals surface area contributed by atoms with Crippen molar-refractivity contribution in [1.29, 1.82) is 0 Å². The topological polar surface area (TPSA) is 117 Å². The van der Waals surface area contributed by atoms with Gasteiger partial charge in [-0.05, 0) is 18.6 Å². The summed E-state index contributed by atoms with van der Waals surface area (Å²) in [5, 5.41) is 17.2. The van der Waals surface area contributed by atoms with Gasteiger partial charge in [-0.2, -0.15) is 5.10 Å². The smallest absolute Gasteiger partial charge is 0.347 e. The van der Waals surface area contributed by atoms with Crippen molar-refractivity contribution in [3.63, 3.8) is 0 Å². The SMILES string of the molecule is CCC(NC(=O)c1cccn2c(=O)[nH]nc12)C(=O)O. The van der Waals surface area contributed by atoms with Crippen molar-refractivity contribution in [2.45, 2.75) is 19.4 Å². The summed E-state index contributed by atoms with van der Waals surface area (Å²) in [6, 6.07) is 2.01. The summed E-state index contributed by atoms with van der Waals surface area (Å²) in [6.45, 7) is 1.65. The van der Waals surface area contributed by atoms with Gasteiger partial charge in [0.1, 0.15) is 6.04 Å². The van der Waals surface area contributed by atoms with Crippen molar-refractivity contribution in [2.75, 3.05) is 0 Å². The number of carbonyl (C=O) groups excluding carboxylic acids is 1. The fraction of sp³-hybridized carbons (Fsp3) is 0.273. The normalized spacial score (nSPS) is 12.3. The van der Waals surface area contributed by atoms with Gasteiger partial charge in [-0.15, -0.1) is 0 Å². The summed E-state index contributed by atoms with van der Waals surface area (Å²) in [7, 11) is 0. The highest BCUT2D eigenvalue weighted by Gasteiger charge is 2.20. The Bertz CT molecular complexity index is 687. The van der Waals surface area contributed by atoms with Gasteiger partial charge >= 0.3 is 11.7 Å². The van der Waals surface area contributed by atoms with Crippen LogP contribution in [0.5, 0.6) is 0 Å². The van der Waals surface area contributed by atoms with E-state index in [0.717, 1.165) is 0 Å². The minimum Gasteiger partial charge on any atom is -0.480 e. The van der Waals surface area contributed by atoms with Gasteiger partial charge in [0.05, 0.1) is 5.56 Å². The third-order valence-electron chi connectivity index (χ3n) is 2.70. The van der Waals surface area contributed by atoms with Gasteiger partial charge in [-0.1, -0.05) is 6.92 Å². The molecule has 19 heavy (non-hydrogen) atoms. The lowest BCUT2D eigenvalue weighted by molar-refractivity contribution is -0.139. The van der Waals surface area contributed by atoms with Gasteiger partial charge in [0, 0.05) is 6.20 Å². The Labute approximate surface area is 107 Å². The summed E-state index contributed by atoms with van der Waals surface area (Å²) in [5.41, 5.74) is -0.166. The molecule has 0 saturated carbocycles. The number of hydrogen-bond acceptors (Lipinski definition) is 4. The first-order chi connectivity index (χ1) is 9.04. The number of H-pyrrole nitrogens is 1. The first-order valence-electron chi connectivity index (χ1n) is 5.64. The van der Waals surface area contributed by atoms with E-state index in [1.54, 1.807) is 6.92 Å². The molecule has 0 aliphatic rings. The number of aromatic amines is 1. The second-order valence-electron chi connectivity index (χ2n) is 3.92. The van der Waals surface area contributed by atoms with Crippen molar-refractivity contribution >= 4 is 17.5 Å². The van der Waals surface area contributed by atoms with Gasteiger partial charge in [-0.25, -0.2) is 19.1 Å². The van der Waals surface area contributed by atoms with E-state index < -0.39 is 23.6 Å². The number of amides is 1. The van der Waals surface area contributed by atoms with E-state index in [9.17, 15) is 14.4 Å². The van der Waals surface area contributed by atoms with Crippen LogP contribution in [0.2, 0.25) is 0 Å². The number of hydrogen-bond donors (Lipinski definition) is 3. The molecule has 0 fully saturated rings. The Kier molecular flexibility index (Phi) is 3.32. The molecule has 0 saturated heterocycles. The van der Waals surface area contributed by atoms with E-state index >= 15 is 0 Å². The summed E-state index contributed by atoms with van der Waals surface area (Å²) < 4.78 is 1.18. The molecule has 1 amide bonds. The molecular weight excluding hydrogens is 252 g/mol. The molecule has 3 N–H and O–H groups in total. The highest BCUT2D eigenvalue weighted by Crippen LogP contribution is 2.06. The summed E-state index contributed by atoms with van der Waals surface area (Å²) in [5.74, 6) is -1.69. The van der Waals surface area contributed by atoms with E-state index in [2.05, 4.69) is 15.5 Å². The van der Waals surface area contributed by atoms with Crippen molar-refractivity contribution in [3.8, 4) is 0 Å². The molecule has 100 valence electrons. The number of carboxylic acids is 1. The third kappa shape index (κ3) is 2.32. The van der Waals surface area contributed by atoms with Crippen LogP contribution in [0.1, 0.15) is 23.7 Å². The van der Waals surface area contributed by atoms with E-state index in [1.165, 1.54) is 22.7 Å². The molecular formula is C11H12N4O4. The molecule has 2 heterocycles. The van der Waals surface area contributed by atoms with Crippen LogP contribution in [0.3, 0.4) is 0 Å². The Morgan fingerprint density at radius 2 is 2.32 bits per heavy atom. The minimum atomic E-state index is -1.11. The molecule has 2 rings (SSSR count). The fourth-order valence-electron chi connectivity index (χ4n) is 1.68. The molecule has 2 aromatic rings. The summed E-state index contributed by atoms with van der Waals surface area (Å²) in [6.07, 6.45) is 1.73. The number of fused-ring (bicyclic) bond motifs is 1. The lowest BCUT2D eigenvalue weighted by Crippen LogP contribution is -2.40. The number of pyridine rings is 1. The average molecular weight is 264 g/mol. The number of rotatable bonds is 4. The van der Waals surface area contributed by atoms with Crippen molar-refractivity contribution in [2.24, 2.45) is 0 Å². The predicted octanol–water partition coefficient (Wildman–Crippen LogP) is -0.384. The van der Waals surface area contributed by atoms with Crippen LogP contribution >= 0.6 is 0 Å². The molecule has 1 atom stereocenters. The quantitative estimate of drug-likeness (QED) is 0.695. The van der Waals surface area contributed by atoms with Gasteiger partial charge in [0.25, 0.3) is 5.91 Å². The molecule has 0 bridgehead atoms. The van der Waals surface area contributed by atoms with Crippen molar-refractivity contribution in [3.05, 3.63) is 34.4 Å². The maximum absolute atomic E-state index is 12.0. The minimum absolute atomic E-state index is 0.139. The maximum atomic E-state index is 12.0. The number of aromatic nitrogens is 3. The Balaban J connectivity index is 2.37. The Morgan fingerprint density at radius 3 is 2.95 bits per heavy atom. The van der Waals surface area contributed by atoms with Crippen LogP contribution < -0.4 is 11.0 Å². The number of aliphatic carboxylic acids is 1. The van der Waals surface area contributed by atoms with Crippen molar-refractivity contribution < 1.29 is 14.7 Å². The first kappa shape index (κ1) is 12.8. The zero-order valence-electron chi connectivity index (χ0n) is 10.1. The molecule has 0 aromatic carbocycles. The highest BCUT2D eigenvalue weighted by atomic mass is 16.4. The van der Waals surface area contributed by atoms with Crippen LogP contribution in [0.15, 0.2) is 23.1 Å². The van der Waals surface area contributed by atoms with Crippen LogP contribution in [0.25, 0.3) is 5.65 Å². The molecule has 0 radical (unpaired) electrons. The zero-order chi connectivity index (χ0) is 14.0. The second-order valence-corrected chi connectivity index (χ2v) is 3.92. The van der Waals surface area contributed by atoms with E-state index in [1.807, 2.05) is 0 Å². The molecule has 2 aromatic heterocycles. The average Bonchev–Trinajstić information content (AvgIpc) is 2.77. The lowest BCUT2D eigenvalue weighted by Gasteiger charge is -2.12. The first-order valence-corrected chi connectivity index (χ1v) is 5.64. The molecule has 0 aliphatic carbocycles. The number of nitrogens with one attached hydrogen (secondary N) is 2. The molecule has 8 nitrogen and oxygen atoms in total. The zero-order valence-corrected chi connectivity index (χ0v) is 10.1. The number of carbonyl (C=O) groups is 2. The Hall–Kier alpha value is -2.64. The standard InChI is InChI=1S/C11H12N4O4/c1-2-7(10(17)18)12-9(16)6-4-3-5-15-8(6)13-14-11(15)19/h3-5,7H,2H2,1H3,(H,12,16)(H,14,19)(H,17,18). The van der Waals surface area contributed by atoms with Crippen LogP contribution in [-0.4, -0.2) is 37.6 Å². The van der Waals surface area contributed by atoms with E-state index in [4.69, 9.17) is 5.11 Å². The van der Waals surface area contributed by atoms with Crippen LogP contribution in [-0.2, 0) is 4.79 Å². The second kappa shape index (κ2) is 4.92. The fourth-order valence-corrected chi connectivity index (χ4v) is 1.68. The number of nitrogens with zero attached hydrogens (tertiary/aromatic N) is 2. The van der Waals surface area contributed by atoms with Gasteiger partial charge in [0.15, 0.2) is 5.65 Å². The van der Waals surface area contributed by atoms with Crippen LogP contribution in [0.4, 0.5) is 0 Å². The van der Waals surface area contributed by atoms with Crippen molar-refractivity contribution in [1.82, 2.24) is 19.9 Å². The van der Waals surface area contributed by atoms with Crippen LogP contribution in [0, 0.1) is 0 Å². The Morgan fingerprint density at radius 1 is 1.58 bits per heavy atom. The highest BCUT2D eigenvalue weighted by molar-refractivity contribution is 6.01. The van der Waals surface area contributed by atoms with E-state index in [-0.39, 0.29) is 17.6 Å². The largest absolute Gasteiger partial charge is 0.480 e. The van der Waals surface area contributed by atoms with E-state index in [0.29, 0.717) is 0 Å².